The van der Waals surface area contributed by atoms with E-state index in [4.69, 9.17) is 4.74 Å². The average molecular weight is 446 g/mol. The van der Waals surface area contributed by atoms with E-state index < -0.39 is 4.92 Å². The van der Waals surface area contributed by atoms with Crippen LogP contribution >= 0.6 is 0 Å². The Kier molecular flexibility index (Phi) is 7.56. The van der Waals surface area contributed by atoms with E-state index in [1.165, 1.54) is 12.1 Å². The molecule has 7 heteroatoms. The third-order valence-electron chi connectivity index (χ3n) is 5.22. The molecule has 0 bridgehead atoms. The van der Waals surface area contributed by atoms with Gasteiger partial charge in [-0.1, -0.05) is 38.1 Å². The van der Waals surface area contributed by atoms with Crippen LogP contribution in [-0.2, 0) is 6.61 Å². The van der Waals surface area contributed by atoms with Crippen LogP contribution in [0, 0.1) is 17.0 Å². The third kappa shape index (κ3) is 6.26. The van der Waals surface area contributed by atoms with Gasteiger partial charge in [-0.15, -0.1) is 0 Å². The zero-order valence-electron chi connectivity index (χ0n) is 19.2. The van der Waals surface area contributed by atoms with Crippen LogP contribution in [0.4, 0.5) is 5.69 Å². The van der Waals surface area contributed by atoms with E-state index in [1.807, 2.05) is 25.1 Å². The number of nitro benzene ring substituents is 1. The van der Waals surface area contributed by atoms with Crippen molar-refractivity contribution in [3.63, 3.8) is 0 Å². The van der Waals surface area contributed by atoms with Gasteiger partial charge in [-0.3, -0.25) is 14.9 Å². The van der Waals surface area contributed by atoms with Gasteiger partial charge in [-0.2, -0.15) is 5.10 Å². The van der Waals surface area contributed by atoms with E-state index in [0.29, 0.717) is 29.4 Å². The predicted molar refractivity (Wildman–Crippen MR) is 129 cm³/mol. The van der Waals surface area contributed by atoms with E-state index >= 15 is 0 Å². The fourth-order valence-corrected chi connectivity index (χ4v) is 3.25. The molecule has 1 amide bonds. The van der Waals surface area contributed by atoms with Gasteiger partial charge in [0.15, 0.2) is 0 Å². The minimum absolute atomic E-state index is 0.00230. The monoisotopic (exact) mass is 445 g/mol. The van der Waals surface area contributed by atoms with Crippen LogP contribution in [0.3, 0.4) is 0 Å². The first kappa shape index (κ1) is 23.7. The first-order valence-electron chi connectivity index (χ1n) is 10.7. The summed E-state index contributed by atoms with van der Waals surface area (Å²) >= 11 is 0. The molecule has 0 atom stereocenters. The van der Waals surface area contributed by atoms with Crippen LogP contribution in [0.1, 0.15) is 59.3 Å². The standard InChI is InChI=1S/C26H27N3O4/c1-17(2)24-14-5-18(3)15-25(24)33-16-20-6-8-22(9-7-20)26(30)28-27-19(4)21-10-12-23(13-11-21)29(31)32/h5-15,17H,16H2,1-4H3,(H,28,30). The fourth-order valence-electron chi connectivity index (χ4n) is 3.25. The number of nitrogens with one attached hydrogen (secondary N) is 1. The number of hydrogen-bond acceptors (Lipinski definition) is 5. The summed E-state index contributed by atoms with van der Waals surface area (Å²) in [4.78, 5) is 22.7. The van der Waals surface area contributed by atoms with Crippen LogP contribution in [0.15, 0.2) is 71.8 Å². The first-order valence-corrected chi connectivity index (χ1v) is 10.7. The lowest BCUT2D eigenvalue weighted by Crippen LogP contribution is -2.19. The van der Waals surface area contributed by atoms with Crippen LogP contribution in [0.2, 0.25) is 0 Å². The van der Waals surface area contributed by atoms with Crippen LogP contribution in [0.5, 0.6) is 5.75 Å². The van der Waals surface area contributed by atoms with E-state index in [0.717, 1.165) is 22.4 Å². The Balaban J connectivity index is 1.60. The van der Waals surface area contributed by atoms with E-state index in [1.54, 1.807) is 31.2 Å². The lowest BCUT2D eigenvalue weighted by atomic mass is 10.0. The van der Waals surface area contributed by atoms with Crippen LogP contribution in [0.25, 0.3) is 0 Å². The molecular formula is C26H27N3O4. The summed E-state index contributed by atoms with van der Waals surface area (Å²) in [6, 6.07) is 19.4. The topological polar surface area (TPSA) is 93.8 Å². The number of ether oxygens (including phenoxy) is 1. The molecule has 0 saturated carbocycles. The van der Waals surface area contributed by atoms with Crippen molar-refractivity contribution in [1.82, 2.24) is 5.43 Å². The minimum Gasteiger partial charge on any atom is -0.489 e. The van der Waals surface area contributed by atoms with E-state index in [-0.39, 0.29) is 11.6 Å². The average Bonchev–Trinajstić information content (AvgIpc) is 2.81. The first-order chi connectivity index (χ1) is 15.7. The van der Waals surface area contributed by atoms with Crippen molar-refractivity contribution in [1.29, 1.82) is 0 Å². The van der Waals surface area contributed by atoms with Crippen molar-refractivity contribution in [3.05, 3.63) is 105 Å². The number of carbonyl (C=O) groups is 1. The van der Waals surface area contributed by atoms with E-state index in [2.05, 4.69) is 36.5 Å². The summed E-state index contributed by atoms with van der Waals surface area (Å²) in [5.74, 6) is 0.897. The van der Waals surface area contributed by atoms with Gasteiger partial charge >= 0.3 is 0 Å². The number of hydrazone groups is 1. The summed E-state index contributed by atoms with van der Waals surface area (Å²) in [7, 11) is 0. The molecule has 0 spiro atoms. The number of non-ortho nitro benzene ring substituents is 1. The molecule has 3 rings (SSSR count). The molecule has 0 heterocycles. The van der Waals surface area contributed by atoms with Gasteiger partial charge in [0.05, 0.1) is 10.6 Å². The minimum atomic E-state index is -0.461. The Labute approximate surface area is 193 Å². The number of aryl methyl sites for hydroxylation is 1. The smallest absolute Gasteiger partial charge is 0.271 e. The molecule has 0 aliphatic carbocycles. The molecule has 0 saturated heterocycles. The molecule has 0 aromatic heterocycles. The summed E-state index contributed by atoms with van der Waals surface area (Å²) in [6.07, 6.45) is 0. The Morgan fingerprint density at radius 1 is 1.03 bits per heavy atom. The molecule has 1 N–H and O–H groups in total. The number of nitro groups is 1. The Morgan fingerprint density at radius 2 is 1.67 bits per heavy atom. The van der Waals surface area contributed by atoms with Crippen molar-refractivity contribution >= 4 is 17.3 Å². The summed E-state index contributed by atoms with van der Waals surface area (Å²) in [6.45, 7) is 8.44. The van der Waals surface area contributed by atoms with Crippen molar-refractivity contribution < 1.29 is 14.5 Å². The Morgan fingerprint density at radius 3 is 2.27 bits per heavy atom. The zero-order chi connectivity index (χ0) is 24.0. The Hall–Kier alpha value is -4.00. The molecule has 7 nitrogen and oxygen atoms in total. The second-order valence-corrected chi connectivity index (χ2v) is 8.12. The molecular weight excluding hydrogens is 418 g/mol. The maximum Gasteiger partial charge on any atom is 0.271 e. The quantitative estimate of drug-likeness (QED) is 0.271. The number of benzene rings is 3. The van der Waals surface area contributed by atoms with Crippen molar-refractivity contribution in [2.24, 2.45) is 5.10 Å². The van der Waals surface area contributed by atoms with Crippen molar-refractivity contribution in [2.75, 3.05) is 0 Å². The lowest BCUT2D eigenvalue weighted by Gasteiger charge is -2.15. The van der Waals surface area contributed by atoms with Crippen LogP contribution in [-0.4, -0.2) is 16.5 Å². The Bertz CT molecular complexity index is 1170. The summed E-state index contributed by atoms with van der Waals surface area (Å²) < 4.78 is 6.05. The highest BCUT2D eigenvalue weighted by atomic mass is 16.6. The molecule has 33 heavy (non-hydrogen) atoms. The number of nitrogens with zero attached hydrogens (tertiary/aromatic N) is 2. The SMILES string of the molecule is CC(=NNC(=O)c1ccc(COc2cc(C)ccc2C(C)C)cc1)c1ccc([N+](=O)[O-])cc1. The molecule has 3 aromatic carbocycles. The second-order valence-electron chi connectivity index (χ2n) is 8.12. The molecule has 0 aliphatic rings. The van der Waals surface area contributed by atoms with Crippen molar-refractivity contribution in [3.8, 4) is 5.75 Å². The maximum atomic E-state index is 12.4. The normalized spacial score (nSPS) is 11.4. The second kappa shape index (κ2) is 10.5. The number of carbonyl (C=O) groups excluding carboxylic acids is 1. The highest BCUT2D eigenvalue weighted by Gasteiger charge is 2.10. The third-order valence-corrected chi connectivity index (χ3v) is 5.22. The van der Waals surface area contributed by atoms with Gasteiger partial charge in [0.1, 0.15) is 12.4 Å². The van der Waals surface area contributed by atoms with E-state index in [9.17, 15) is 14.9 Å². The molecule has 0 radical (unpaired) electrons. The van der Waals surface area contributed by atoms with Crippen LogP contribution < -0.4 is 10.2 Å². The maximum absolute atomic E-state index is 12.4. The van der Waals surface area contributed by atoms with Gasteiger partial charge in [0.2, 0.25) is 0 Å². The molecule has 170 valence electrons. The van der Waals surface area contributed by atoms with Gasteiger partial charge in [0, 0.05) is 17.7 Å². The zero-order valence-corrected chi connectivity index (χ0v) is 19.2. The van der Waals surface area contributed by atoms with Crippen molar-refractivity contribution in [2.45, 2.75) is 40.2 Å². The molecule has 3 aromatic rings. The predicted octanol–water partition coefficient (Wildman–Crippen LogP) is 5.76. The largest absolute Gasteiger partial charge is 0.489 e. The number of rotatable bonds is 8. The lowest BCUT2D eigenvalue weighted by molar-refractivity contribution is -0.384. The summed E-state index contributed by atoms with van der Waals surface area (Å²) in [5, 5.41) is 14.9. The van der Waals surface area contributed by atoms with Gasteiger partial charge in [-0.25, -0.2) is 5.43 Å². The molecule has 0 unspecified atom stereocenters. The van der Waals surface area contributed by atoms with Gasteiger partial charge < -0.3 is 4.74 Å². The summed E-state index contributed by atoms with van der Waals surface area (Å²) in [5.41, 5.74) is 7.48. The fraction of sp³-hybridized carbons (Fsp3) is 0.231. The van der Waals surface area contributed by atoms with Gasteiger partial charge in [0.25, 0.3) is 11.6 Å². The highest BCUT2D eigenvalue weighted by molar-refractivity contribution is 6.01. The molecule has 0 fully saturated rings. The molecule has 0 aliphatic heterocycles. The highest BCUT2D eigenvalue weighted by Crippen LogP contribution is 2.28. The van der Waals surface area contributed by atoms with Gasteiger partial charge in [-0.05, 0) is 72.4 Å². The number of hydrogen-bond donors (Lipinski definition) is 1. The number of amides is 1.